The second-order valence-corrected chi connectivity index (χ2v) is 7.65. The first-order valence-electron chi connectivity index (χ1n) is 9.22. The molecule has 2 aliphatic heterocycles. The average Bonchev–Trinajstić information content (AvgIpc) is 3.02. The van der Waals surface area contributed by atoms with Crippen LogP contribution in [0.1, 0.15) is 44.7 Å². The Balaban J connectivity index is 1.63. The van der Waals surface area contributed by atoms with Crippen LogP contribution in [0.15, 0.2) is 24.3 Å². The molecule has 1 amide bonds. The lowest BCUT2D eigenvalue weighted by Gasteiger charge is -2.36. The summed E-state index contributed by atoms with van der Waals surface area (Å²) in [5, 5.41) is 0. The predicted molar refractivity (Wildman–Crippen MR) is 96.1 cm³/mol. The summed E-state index contributed by atoms with van der Waals surface area (Å²) >= 11 is 0. The van der Waals surface area contributed by atoms with Crippen molar-refractivity contribution in [1.82, 2.24) is 9.80 Å². The maximum atomic E-state index is 12.8. The number of piperidine rings is 1. The number of carbonyl (C=O) groups excluding carboxylic acids is 1. The van der Waals surface area contributed by atoms with E-state index in [1.54, 1.807) is 7.11 Å². The van der Waals surface area contributed by atoms with Gasteiger partial charge in [-0.3, -0.25) is 9.69 Å². The summed E-state index contributed by atoms with van der Waals surface area (Å²) < 4.78 is 5.25. The molecule has 4 nitrogen and oxygen atoms in total. The summed E-state index contributed by atoms with van der Waals surface area (Å²) in [4.78, 5) is 17.2. The number of nitrogens with zero attached hydrogens (tertiary/aromatic N) is 2. The van der Waals surface area contributed by atoms with Gasteiger partial charge in [-0.1, -0.05) is 26.0 Å². The maximum absolute atomic E-state index is 12.8. The number of rotatable bonds is 4. The Bertz CT molecular complexity index is 547. The minimum Gasteiger partial charge on any atom is -0.497 e. The molecule has 3 rings (SSSR count). The van der Waals surface area contributed by atoms with Crippen molar-refractivity contribution in [2.45, 2.75) is 39.2 Å². The number of benzene rings is 1. The summed E-state index contributed by atoms with van der Waals surface area (Å²) in [5.74, 6) is 2.42. The molecule has 3 atom stereocenters. The number of hydrogen-bond acceptors (Lipinski definition) is 3. The van der Waals surface area contributed by atoms with Gasteiger partial charge in [0.25, 0.3) is 0 Å². The number of likely N-dealkylation sites (tertiary alicyclic amines) is 2. The highest BCUT2D eigenvalue weighted by molar-refractivity contribution is 5.78. The lowest BCUT2D eigenvalue weighted by Crippen LogP contribution is -2.46. The second-order valence-electron chi connectivity index (χ2n) is 7.65. The normalized spacial score (nSPS) is 28.1. The standard InChI is InChI=1S/C20H30N2O2/c1-15-11-16(2)13-22(12-15)20(23)14-21-10-4-5-19(21)17-6-8-18(24-3)9-7-17/h6-9,15-16,19H,4-5,10-14H2,1-3H3/t15-,16+,19-/m0/s1. The van der Waals surface area contributed by atoms with Gasteiger partial charge in [-0.2, -0.15) is 0 Å². The Kier molecular flexibility index (Phi) is 5.44. The van der Waals surface area contributed by atoms with Crippen LogP contribution in [0.3, 0.4) is 0 Å². The van der Waals surface area contributed by atoms with Gasteiger partial charge < -0.3 is 9.64 Å². The van der Waals surface area contributed by atoms with Gasteiger partial charge in [-0.15, -0.1) is 0 Å². The van der Waals surface area contributed by atoms with E-state index in [2.05, 4.69) is 35.8 Å². The van der Waals surface area contributed by atoms with Gasteiger partial charge >= 0.3 is 0 Å². The molecule has 4 heteroatoms. The number of amides is 1. The lowest BCUT2D eigenvalue weighted by molar-refractivity contribution is -0.135. The van der Waals surface area contributed by atoms with E-state index in [0.717, 1.165) is 38.2 Å². The van der Waals surface area contributed by atoms with E-state index in [9.17, 15) is 4.79 Å². The minimum absolute atomic E-state index is 0.300. The van der Waals surface area contributed by atoms with Gasteiger partial charge in [0.05, 0.1) is 13.7 Å². The first kappa shape index (κ1) is 17.3. The van der Waals surface area contributed by atoms with Gasteiger partial charge in [0.2, 0.25) is 5.91 Å². The zero-order valence-electron chi connectivity index (χ0n) is 15.2. The summed E-state index contributed by atoms with van der Waals surface area (Å²) in [6, 6.07) is 8.66. The predicted octanol–water partition coefficient (Wildman–Crippen LogP) is 3.34. The SMILES string of the molecule is COc1ccc([C@@H]2CCCN2CC(=O)N2C[C@H](C)C[C@H](C)C2)cc1. The van der Waals surface area contributed by atoms with Gasteiger partial charge in [0, 0.05) is 19.1 Å². The zero-order chi connectivity index (χ0) is 17.1. The molecule has 0 bridgehead atoms. The monoisotopic (exact) mass is 330 g/mol. The van der Waals surface area contributed by atoms with E-state index < -0.39 is 0 Å². The van der Waals surface area contributed by atoms with Crippen LogP contribution in [0, 0.1) is 11.8 Å². The Morgan fingerprint density at radius 3 is 2.46 bits per heavy atom. The molecular weight excluding hydrogens is 300 g/mol. The summed E-state index contributed by atoms with van der Waals surface area (Å²) in [5.41, 5.74) is 1.29. The molecule has 0 N–H and O–H groups in total. The minimum atomic E-state index is 0.300. The van der Waals surface area contributed by atoms with E-state index in [4.69, 9.17) is 4.74 Å². The molecular formula is C20H30N2O2. The smallest absolute Gasteiger partial charge is 0.236 e. The van der Waals surface area contributed by atoms with Crippen molar-refractivity contribution in [3.63, 3.8) is 0 Å². The van der Waals surface area contributed by atoms with Gasteiger partial charge in [0.15, 0.2) is 0 Å². The highest BCUT2D eigenvalue weighted by atomic mass is 16.5. The molecule has 0 unspecified atom stereocenters. The van der Waals surface area contributed by atoms with E-state index >= 15 is 0 Å². The van der Waals surface area contributed by atoms with Crippen LogP contribution < -0.4 is 4.74 Å². The molecule has 132 valence electrons. The Labute approximate surface area is 145 Å². The number of hydrogen-bond donors (Lipinski definition) is 0. The van der Waals surface area contributed by atoms with Crippen molar-refractivity contribution in [2.24, 2.45) is 11.8 Å². The Morgan fingerprint density at radius 2 is 1.83 bits per heavy atom. The summed E-state index contributed by atoms with van der Waals surface area (Å²) in [7, 11) is 1.69. The Morgan fingerprint density at radius 1 is 1.17 bits per heavy atom. The molecule has 24 heavy (non-hydrogen) atoms. The van der Waals surface area contributed by atoms with Crippen molar-refractivity contribution in [3.05, 3.63) is 29.8 Å². The van der Waals surface area contributed by atoms with Gasteiger partial charge in [-0.25, -0.2) is 0 Å². The van der Waals surface area contributed by atoms with Gasteiger partial charge in [-0.05, 0) is 55.3 Å². The number of carbonyl (C=O) groups is 1. The molecule has 0 saturated carbocycles. The molecule has 1 aromatic rings. The molecule has 1 aromatic carbocycles. The van der Waals surface area contributed by atoms with Crippen molar-refractivity contribution in [3.8, 4) is 5.75 Å². The van der Waals surface area contributed by atoms with E-state index in [1.165, 1.54) is 12.0 Å². The summed E-state index contributed by atoms with van der Waals surface area (Å²) in [6.07, 6.45) is 3.53. The van der Waals surface area contributed by atoms with Crippen LogP contribution in [0.2, 0.25) is 0 Å². The molecule has 2 heterocycles. The zero-order valence-corrected chi connectivity index (χ0v) is 15.2. The van der Waals surface area contributed by atoms with Crippen LogP contribution in [0.25, 0.3) is 0 Å². The lowest BCUT2D eigenvalue weighted by atomic mass is 9.92. The fourth-order valence-electron chi connectivity index (χ4n) is 4.36. The maximum Gasteiger partial charge on any atom is 0.236 e. The second kappa shape index (κ2) is 7.56. The highest BCUT2D eigenvalue weighted by Gasteiger charge is 2.31. The number of methoxy groups -OCH3 is 1. The third kappa shape index (κ3) is 3.92. The van der Waals surface area contributed by atoms with Crippen LogP contribution >= 0.6 is 0 Å². The largest absolute Gasteiger partial charge is 0.497 e. The third-order valence-corrected chi connectivity index (χ3v) is 5.42. The highest BCUT2D eigenvalue weighted by Crippen LogP contribution is 2.33. The molecule has 2 saturated heterocycles. The Hall–Kier alpha value is -1.55. The molecule has 0 radical (unpaired) electrons. The van der Waals surface area contributed by atoms with Crippen LogP contribution in [-0.2, 0) is 4.79 Å². The van der Waals surface area contributed by atoms with Crippen molar-refractivity contribution in [1.29, 1.82) is 0 Å². The quantitative estimate of drug-likeness (QED) is 0.849. The fraction of sp³-hybridized carbons (Fsp3) is 0.650. The third-order valence-electron chi connectivity index (χ3n) is 5.42. The molecule has 2 fully saturated rings. The van der Waals surface area contributed by atoms with Crippen LogP contribution in [0.5, 0.6) is 5.75 Å². The topological polar surface area (TPSA) is 32.8 Å². The fourth-order valence-corrected chi connectivity index (χ4v) is 4.36. The van der Waals surface area contributed by atoms with Crippen molar-refractivity contribution < 1.29 is 9.53 Å². The average molecular weight is 330 g/mol. The van der Waals surface area contributed by atoms with Crippen LogP contribution in [0.4, 0.5) is 0 Å². The first-order valence-corrected chi connectivity index (χ1v) is 9.22. The molecule has 0 spiro atoms. The van der Waals surface area contributed by atoms with Crippen molar-refractivity contribution >= 4 is 5.91 Å². The number of ether oxygens (including phenoxy) is 1. The first-order chi connectivity index (χ1) is 11.6. The molecule has 0 aromatic heterocycles. The van der Waals surface area contributed by atoms with E-state index in [1.807, 2.05) is 12.1 Å². The van der Waals surface area contributed by atoms with E-state index in [-0.39, 0.29) is 0 Å². The molecule has 2 aliphatic rings. The van der Waals surface area contributed by atoms with Crippen LogP contribution in [-0.4, -0.2) is 49.0 Å². The van der Waals surface area contributed by atoms with Gasteiger partial charge in [0.1, 0.15) is 5.75 Å². The molecule has 0 aliphatic carbocycles. The van der Waals surface area contributed by atoms with E-state index in [0.29, 0.717) is 30.3 Å². The summed E-state index contributed by atoms with van der Waals surface area (Å²) in [6.45, 7) is 7.92. The van der Waals surface area contributed by atoms with Crippen molar-refractivity contribution in [2.75, 3.05) is 33.3 Å².